The number of hydrogen-bond acceptors (Lipinski definition) is 4. The predicted molar refractivity (Wildman–Crippen MR) is 56.0 cm³/mol. The highest BCUT2D eigenvalue weighted by Crippen LogP contribution is 2.05. The Morgan fingerprint density at radius 3 is 2.40 bits per heavy atom. The first-order valence-electron chi connectivity index (χ1n) is 4.84. The van der Waals surface area contributed by atoms with Crippen molar-refractivity contribution in [2.75, 3.05) is 5.43 Å². The topological polar surface area (TPSA) is 55.9 Å². The molecule has 0 fully saturated rings. The summed E-state index contributed by atoms with van der Waals surface area (Å²) in [6, 6.07) is 4.11. The lowest BCUT2D eigenvalue weighted by Gasteiger charge is -2.10. The zero-order valence-electron chi connectivity index (χ0n) is 9.11. The highest BCUT2D eigenvalue weighted by Gasteiger charge is 2.03. The average molecular weight is 206 g/mol. The summed E-state index contributed by atoms with van der Waals surface area (Å²) >= 11 is 0. The lowest BCUT2D eigenvalue weighted by atomic mass is 10.5. The van der Waals surface area contributed by atoms with Gasteiger partial charge >= 0.3 is 0 Å². The van der Waals surface area contributed by atoms with Crippen molar-refractivity contribution < 1.29 is 4.42 Å². The van der Waals surface area contributed by atoms with E-state index in [1.54, 1.807) is 6.92 Å². The third-order valence-electron chi connectivity index (χ3n) is 2.23. The molecule has 0 unspecified atom stereocenters. The summed E-state index contributed by atoms with van der Waals surface area (Å²) in [5.41, 5.74) is 5.52. The van der Waals surface area contributed by atoms with Crippen LogP contribution < -0.4 is 5.43 Å². The lowest BCUT2D eigenvalue weighted by Crippen LogP contribution is -2.17. The van der Waals surface area contributed by atoms with E-state index in [4.69, 9.17) is 4.42 Å². The highest BCUT2D eigenvalue weighted by atomic mass is 16.4. The molecule has 2 rings (SSSR count). The average Bonchev–Trinajstić information content (AvgIpc) is 2.73. The molecule has 0 radical (unpaired) electrons. The number of aryl methyl sites for hydroxylation is 3. The van der Waals surface area contributed by atoms with Gasteiger partial charge in [-0.15, -0.1) is 10.2 Å². The first-order valence-corrected chi connectivity index (χ1v) is 4.84. The Labute approximate surface area is 88.1 Å². The fraction of sp³-hybridized carbons (Fsp3) is 0.400. The summed E-state index contributed by atoms with van der Waals surface area (Å²) in [6.07, 6.45) is 0. The van der Waals surface area contributed by atoms with Crippen LogP contribution in [-0.4, -0.2) is 14.9 Å². The van der Waals surface area contributed by atoms with E-state index in [1.807, 2.05) is 18.5 Å². The number of nitrogens with zero attached hydrogens (tertiary/aromatic N) is 3. The van der Waals surface area contributed by atoms with Gasteiger partial charge < -0.3 is 9.84 Å². The Bertz CT molecular complexity index is 438. The Balaban J connectivity index is 2.05. The molecule has 1 N–H and O–H groups in total. The maximum absolute atomic E-state index is 5.26. The third-order valence-corrected chi connectivity index (χ3v) is 2.23. The van der Waals surface area contributed by atoms with E-state index in [0.29, 0.717) is 18.3 Å². The van der Waals surface area contributed by atoms with E-state index in [0.717, 1.165) is 11.4 Å². The second kappa shape index (κ2) is 3.76. The van der Waals surface area contributed by atoms with E-state index in [1.165, 1.54) is 0 Å². The van der Waals surface area contributed by atoms with Gasteiger partial charge in [-0.1, -0.05) is 0 Å². The SMILES string of the molecule is Cc1nnc(CNn2c(C)ccc2C)o1. The molecule has 2 aromatic rings. The lowest BCUT2D eigenvalue weighted by molar-refractivity contribution is 0.468. The van der Waals surface area contributed by atoms with Crippen LogP contribution in [0.5, 0.6) is 0 Å². The van der Waals surface area contributed by atoms with Crippen molar-refractivity contribution in [3.05, 3.63) is 35.3 Å². The Morgan fingerprint density at radius 1 is 1.20 bits per heavy atom. The minimum Gasteiger partial charge on any atom is -0.424 e. The second-order valence-corrected chi connectivity index (χ2v) is 3.50. The Kier molecular flexibility index (Phi) is 2.45. The molecule has 0 aliphatic heterocycles. The van der Waals surface area contributed by atoms with Gasteiger partial charge in [0.25, 0.3) is 0 Å². The van der Waals surface area contributed by atoms with E-state index < -0.39 is 0 Å². The summed E-state index contributed by atoms with van der Waals surface area (Å²) in [4.78, 5) is 0. The smallest absolute Gasteiger partial charge is 0.237 e. The van der Waals surface area contributed by atoms with Gasteiger partial charge in [0.2, 0.25) is 11.8 Å². The maximum atomic E-state index is 5.26. The van der Waals surface area contributed by atoms with Crippen molar-refractivity contribution in [3.63, 3.8) is 0 Å². The van der Waals surface area contributed by atoms with Crippen LogP contribution in [0.3, 0.4) is 0 Å². The Hall–Kier alpha value is -1.78. The van der Waals surface area contributed by atoms with Crippen LogP contribution in [0.15, 0.2) is 16.5 Å². The molecule has 0 atom stereocenters. The monoisotopic (exact) mass is 206 g/mol. The number of aromatic nitrogens is 3. The molecule has 5 nitrogen and oxygen atoms in total. The van der Waals surface area contributed by atoms with Crippen LogP contribution >= 0.6 is 0 Å². The molecular formula is C10H14N4O. The van der Waals surface area contributed by atoms with Gasteiger partial charge in [0.05, 0.1) is 0 Å². The molecule has 2 heterocycles. The van der Waals surface area contributed by atoms with E-state index >= 15 is 0 Å². The van der Waals surface area contributed by atoms with Crippen LogP contribution in [0.2, 0.25) is 0 Å². The highest BCUT2D eigenvalue weighted by molar-refractivity contribution is 5.15. The molecule has 0 amide bonds. The fourth-order valence-corrected chi connectivity index (χ4v) is 1.47. The van der Waals surface area contributed by atoms with Crippen LogP contribution in [0.25, 0.3) is 0 Å². The summed E-state index contributed by atoms with van der Waals surface area (Å²) in [5.74, 6) is 1.19. The minimum absolute atomic E-state index is 0.539. The Morgan fingerprint density at radius 2 is 1.87 bits per heavy atom. The van der Waals surface area contributed by atoms with E-state index in [-0.39, 0.29) is 0 Å². The minimum atomic E-state index is 0.539. The van der Waals surface area contributed by atoms with Crippen molar-refractivity contribution >= 4 is 0 Å². The molecule has 0 aromatic carbocycles. The molecule has 0 spiro atoms. The van der Waals surface area contributed by atoms with Gasteiger partial charge in [0, 0.05) is 18.3 Å². The molecule has 0 bridgehead atoms. The molecule has 0 aliphatic carbocycles. The molecule has 80 valence electrons. The third kappa shape index (κ3) is 2.01. The van der Waals surface area contributed by atoms with Crippen LogP contribution in [0.1, 0.15) is 23.2 Å². The predicted octanol–water partition coefficient (Wildman–Crippen LogP) is 1.54. The van der Waals surface area contributed by atoms with Crippen molar-refractivity contribution in [1.82, 2.24) is 14.9 Å². The largest absolute Gasteiger partial charge is 0.424 e. The van der Waals surface area contributed by atoms with Gasteiger partial charge in [-0.2, -0.15) is 0 Å². The number of hydrogen-bond donors (Lipinski definition) is 1. The zero-order valence-corrected chi connectivity index (χ0v) is 9.11. The molecule has 0 aliphatic rings. The van der Waals surface area contributed by atoms with Crippen LogP contribution in [-0.2, 0) is 6.54 Å². The van der Waals surface area contributed by atoms with Gasteiger partial charge in [0.1, 0.15) is 6.54 Å². The number of nitrogens with one attached hydrogen (secondary N) is 1. The van der Waals surface area contributed by atoms with E-state index in [9.17, 15) is 0 Å². The van der Waals surface area contributed by atoms with E-state index in [2.05, 4.69) is 27.8 Å². The number of rotatable bonds is 3. The second-order valence-electron chi connectivity index (χ2n) is 3.50. The fourth-order valence-electron chi connectivity index (χ4n) is 1.47. The quantitative estimate of drug-likeness (QED) is 0.827. The molecule has 2 aromatic heterocycles. The molecule has 0 saturated heterocycles. The van der Waals surface area contributed by atoms with Gasteiger partial charge in [-0.05, 0) is 26.0 Å². The standard InChI is InChI=1S/C10H14N4O/c1-7-4-5-8(2)14(7)11-6-10-13-12-9(3)15-10/h4-5,11H,6H2,1-3H3. The first kappa shape index (κ1) is 9.76. The van der Waals surface area contributed by atoms with Crippen molar-refractivity contribution in [1.29, 1.82) is 0 Å². The van der Waals surface area contributed by atoms with Crippen LogP contribution in [0, 0.1) is 20.8 Å². The van der Waals surface area contributed by atoms with Crippen LogP contribution in [0.4, 0.5) is 0 Å². The normalized spacial score (nSPS) is 10.6. The molecule has 15 heavy (non-hydrogen) atoms. The molecule has 5 heteroatoms. The maximum Gasteiger partial charge on any atom is 0.237 e. The van der Waals surface area contributed by atoms with Gasteiger partial charge in [-0.25, -0.2) is 0 Å². The van der Waals surface area contributed by atoms with Crippen molar-refractivity contribution in [3.8, 4) is 0 Å². The van der Waals surface area contributed by atoms with Crippen molar-refractivity contribution in [2.24, 2.45) is 0 Å². The van der Waals surface area contributed by atoms with Crippen molar-refractivity contribution in [2.45, 2.75) is 27.3 Å². The van der Waals surface area contributed by atoms with Gasteiger partial charge in [-0.3, -0.25) is 4.68 Å². The molecular weight excluding hydrogens is 192 g/mol. The summed E-state index contributed by atoms with van der Waals surface area (Å²) in [7, 11) is 0. The summed E-state index contributed by atoms with van der Waals surface area (Å²) in [6.45, 7) is 6.40. The summed E-state index contributed by atoms with van der Waals surface area (Å²) < 4.78 is 7.26. The molecule has 0 saturated carbocycles. The summed E-state index contributed by atoms with van der Waals surface area (Å²) in [5, 5.41) is 7.68. The zero-order chi connectivity index (χ0) is 10.8. The van der Waals surface area contributed by atoms with Gasteiger partial charge in [0.15, 0.2) is 0 Å². The first-order chi connectivity index (χ1) is 7.16.